The van der Waals surface area contributed by atoms with Gasteiger partial charge >= 0.3 is 0 Å². The summed E-state index contributed by atoms with van der Waals surface area (Å²) in [6.45, 7) is 13.1. The predicted octanol–water partition coefficient (Wildman–Crippen LogP) is 26.6. The van der Waals surface area contributed by atoms with Crippen molar-refractivity contribution in [2.45, 2.75) is 259 Å². The number of hydrogen-bond acceptors (Lipinski definition) is 0. The summed E-state index contributed by atoms with van der Waals surface area (Å²) in [5.41, 5.74) is 18.2. The molecule has 4 heteroatoms. The molecule has 1 aliphatic rings. The van der Waals surface area contributed by atoms with Crippen LogP contribution in [-0.2, 0) is 26.2 Å². The number of aromatic nitrogens is 4. The Kier molecular flexibility index (Phi) is 24.4. The van der Waals surface area contributed by atoms with E-state index in [0.717, 1.165) is 96.4 Å². The van der Waals surface area contributed by atoms with Crippen LogP contribution in [0.4, 0.5) is 0 Å². The highest BCUT2D eigenvalue weighted by atomic mass is 15.0. The van der Waals surface area contributed by atoms with Gasteiger partial charge in [0.05, 0.1) is 22.1 Å². The fourth-order valence-corrected chi connectivity index (χ4v) is 16.5. The predicted molar refractivity (Wildman–Crippen MR) is 432 cm³/mol. The Morgan fingerprint density at radius 3 is 0.630 bits per heavy atom. The third-order valence-electron chi connectivity index (χ3n) is 21.9. The van der Waals surface area contributed by atoms with Crippen molar-refractivity contribution in [3.05, 3.63) is 190 Å². The van der Waals surface area contributed by atoms with Gasteiger partial charge in [0, 0.05) is 136 Å². The van der Waals surface area contributed by atoms with E-state index in [-0.39, 0.29) is 0 Å². The van der Waals surface area contributed by atoms with Gasteiger partial charge < -0.3 is 18.3 Å². The van der Waals surface area contributed by atoms with Crippen LogP contribution in [-0.4, -0.2) is 18.3 Å². The molecule has 0 saturated heterocycles. The van der Waals surface area contributed by atoms with E-state index in [4.69, 9.17) is 0 Å². The topological polar surface area (TPSA) is 19.7 Å². The summed E-state index contributed by atoms with van der Waals surface area (Å²) in [5, 5.41) is 9.71. The van der Waals surface area contributed by atoms with Crippen molar-refractivity contribution in [1.82, 2.24) is 18.3 Å². The van der Waals surface area contributed by atoms with E-state index in [0.29, 0.717) is 0 Å². The first kappa shape index (κ1) is 69.7. The smallest absolute Gasteiger partial charge is 0.0504 e. The molecule has 0 fully saturated rings. The zero-order valence-electron chi connectivity index (χ0n) is 61.1. The summed E-state index contributed by atoms with van der Waals surface area (Å²) in [5.74, 6) is 30.4. The molecule has 0 aliphatic heterocycles. The van der Waals surface area contributed by atoms with Crippen molar-refractivity contribution in [2.24, 2.45) is 0 Å². The third-order valence-corrected chi connectivity index (χ3v) is 21.9. The van der Waals surface area contributed by atoms with E-state index >= 15 is 0 Å². The summed E-state index contributed by atoms with van der Waals surface area (Å²) >= 11 is 0. The van der Waals surface area contributed by atoms with E-state index < -0.39 is 0 Å². The highest BCUT2D eigenvalue weighted by Crippen LogP contribution is 2.39. The molecule has 8 bridgehead atoms. The van der Waals surface area contributed by atoms with Crippen molar-refractivity contribution in [1.29, 1.82) is 0 Å². The highest BCUT2D eigenvalue weighted by molar-refractivity contribution is 6.15. The lowest BCUT2D eigenvalue weighted by Crippen LogP contribution is -1.98. The third kappa shape index (κ3) is 16.2. The Bertz CT molecular complexity index is 4760. The van der Waals surface area contributed by atoms with Gasteiger partial charge in [-0.25, -0.2) is 0 Å². The minimum absolute atomic E-state index is 0.967. The Labute approximate surface area is 598 Å². The maximum Gasteiger partial charge on any atom is 0.0504 e. The maximum absolute atomic E-state index is 3.89. The summed E-state index contributed by atoms with van der Waals surface area (Å²) in [6.07, 6.45) is 41.2. The second-order valence-corrected chi connectivity index (χ2v) is 29.2. The van der Waals surface area contributed by atoms with E-state index in [1.54, 1.807) is 0 Å². The Balaban J connectivity index is 0.967. The van der Waals surface area contributed by atoms with Gasteiger partial charge in [-0.3, -0.25) is 0 Å². The number of hydrogen-bond donors (Lipinski definition) is 0. The monoisotopic (exact) mass is 1320 g/mol. The van der Waals surface area contributed by atoms with Gasteiger partial charge in [0.2, 0.25) is 0 Å². The van der Waals surface area contributed by atoms with Gasteiger partial charge in [0.15, 0.2) is 0 Å². The van der Waals surface area contributed by atoms with Crippen molar-refractivity contribution in [3.8, 4) is 47.4 Å². The molecule has 0 unspecified atom stereocenters. The molecule has 4 nitrogen and oxygen atoms in total. The van der Waals surface area contributed by atoms with Gasteiger partial charge in [0.1, 0.15) is 0 Å². The number of benzene rings is 8. The number of fused-ring (bicyclic) bond motifs is 4. The minimum Gasteiger partial charge on any atom is -0.340 e. The molecule has 0 spiro atoms. The summed E-state index contributed by atoms with van der Waals surface area (Å²) in [4.78, 5) is 0. The lowest BCUT2D eigenvalue weighted by Gasteiger charge is -2.08. The first-order valence-electron chi connectivity index (χ1n) is 39.8. The number of aryl methyl sites for hydroxylation is 4. The Morgan fingerprint density at radius 2 is 0.400 bits per heavy atom. The van der Waals surface area contributed by atoms with Crippen LogP contribution in [0, 0.1) is 47.4 Å². The average Bonchev–Trinajstić information content (AvgIpc) is 1.65. The largest absolute Gasteiger partial charge is 0.340 e. The van der Waals surface area contributed by atoms with E-state index in [9.17, 15) is 0 Å². The zero-order chi connectivity index (χ0) is 68.2. The lowest BCUT2D eigenvalue weighted by molar-refractivity contribution is 0.553. The standard InChI is InChI=1S/C96H108N4/c1-5-9-13-17-21-25-29-33-65-97-85-61-53-73-49-50-74-54-62-86-82(70-74)94-78(42-38-46-90(94)98(86)66-34-30-26-22-18-14-10-6-2)58-52-76-56-64-88-84(72-76)96-80(44-40-48-92(96)100(88)68-36-32-28-24-20-16-12-8-4)60-59-79-43-39-47-91-95(79)83-71-75(51-57-77-41-37-45-89(97)93(77)81(85)69-73)55-63-87(83)99(91)67-35-31-27-23-19-15-11-7-3/h37-48,53-56,61-64,69-72H,5-36,65-68H2,1-4H3. The Hall–Kier alpha value is -8.80. The average molecular weight is 1320 g/mol. The van der Waals surface area contributed by atoms with Gasteiger partial charge in [-0.1, -0.05) is 279 Å². The molecule has 8 aromatic carbocycles. The molecular weight excluding hydrogens is 1210 g/mol. The molecule has 4 heterocycles. The van der Waals surface area contributed by atoms with Gasteiger partial charge in [-0.05, 0) is 147 Å². The Morgan fingerprint density at radius 1 is 0.200 bits per heavy atom. The second-order valence-electron chi connectivity index (χ2n) is 29.2. The molecule has 4 aromatic heterocycles. The molecule has 0 atom stereocenters. The lowest BCUT2D eigenvalue weighted by atomic mass is 10.0. The number of nitrogens with zero attached hydrogens (tertiary/aromatic N) is 4. The summed E-state index contributed by atoms with van der Waals surface area (Å²) in [6, 6.07) is 55.0. The van der Waals surface area contributed by atoms with Crippen LogP contribution >= 0.6 is 0 Å². The quantitative estimate of drug-likeness (QED) is 0.0275. The molecule has 0 N–H and O–H groups in total. The molecule has 0 saturated carbocycles. The molecular formula is C96H108N4. The van der Waals surface area contributed by atoms with Crippen LogP contribution in [0.25, 0.3) is 87.2 Å². The zero-order valence-corrected chi connectivity index (χ0v) is 61.1. The second kappa shape index (κ2) is 35.0. The van der Waals surface area contributed by atoms with E-state index in [1.165, 1.54) is 267 Å². The van der Waals surface area contributed by atoms with E-state index in [2.05, 4.69) is 239 Å². The fraction of sp³-hybridized carbons (Fsp3) is 0.417. The van der Waals surface area contributed by atoms with Gasteiger partial charge in [-0.2, -0.15) is 0 Å². The normalized spacial score (nSPS) is 12.0. The van der Waals surface area contributed by atoms with Crippen molar-refractivity contribution in [2.75, 3.05) is 0 Å². The molecule has 0 amide bonds. The van der Waals surface area contributed by atoms with Crippen LogP contribution in [0.15, 0.2) is 146 Å². The molecule has 512 valence electrons. The summed E-state index contributed by atoms with van der Waals surface area (Å²) < 4.78 is 10.3. The minimum atomic E-state index is 0.967. The molecule has 100 heavy (non-hydrogen) atoms. The molecule has 1 aliphatic carbocycles. The van der Waals surface area contributed by atoms with Crippen LogP contribution in [0.2, 0.25) is 0 Å². The number of rotatable bonds is 36. The van der Waals surface area contributed by atoms with Gasteiger partial charge in [-0.15, -0.1) is 0 Å². The van der Waals surface area contributed by atoms with Crippen LogP contribution in [0.1, 0.15) is 278 Å². The van der Waals surface area contributed by atoms with Crippen molar-refractivity contribution >= 4 is 87.2 Å². The van der Waals surface area contributed by atoms with Crippen molar-refractivity contribution in [3.63, 3.8) is 0 Å². The number of unbranched alkanes of at least 4 members (excludes halogenated alkanes) is 28. The van der Waals surface area contributed by atoms with E-state index in [1.807, 2.05) is 0 Å². The highest BCUT2D eigenvalue weighted by Gasteiger charge is 2.20. The SMILES string of the molecule is CCCCCCCCCCn1c2ccc3cc2c2c(cccc21)C#Cc1ccc2c(c1)c1c(cccc1n2CCCCCCCCCC)C#Cc1cccc2c1c1cc(ccc1n2CCCCCCCCCC)C#Cc1cccc2c1c1cc(ccc1n2CCCCCCCCCC)C#C3. The van der Waals surface area contributed by atoms with Gasteiger partial charge in [0.25, 0.3) is 0 Å². The summed E-state index contributed by atoms with van der Waals surface area (Å²) in [7, 11) is 0. The first-order chi connectivity index (χ1) is 49.5. The molecule has 12 aromatic rings. The van der Waals surface area contributed by atoms with Crippen molar-refractivity contribution < 1.29 is 0 Å². The van der Waals surface area contributed by atoms with Crippen LogP contribution in [0.5, 0.6) is 0 Å². The molecule has 13 rings (SSSR count). The first-order valence-corrected chi connectivity index (χ1v) is 39.8. The maximum atomic E-state index is 3.89. The van der Waals surface area contributed by atoms with Crippen LogP contribution in [0.3, 0.4) is 0 Å². The molecule has 0 radical (unpaired) electrons. The van der Waals surface area contributed by atoms with Crippen LogP contribution < -0.4 is 0 Å². The fourth-order valence-electron chi connectivity index (χ4n) is 16.5.